The number of hydrogen-bond donors (Lipinski definition) is 1. The Morgan fingerprint density at radius 2 is 1.65 bits per heavy atom. The third-order valence-electron chi connectivity index (χ3n) is 4.65. The van der Waals surface area contributed by atoms with Gasteiger partial charge in [-0.05, 0) is 32.1 Å². The molecule has 0 aromatic rings. The van der Waals surface area contributed by atoms with Gasteiger partial charge in [0, 0.05) is 12.8 Å². The Kier molecular flexibility index (Phi) is 3.89. The van der Waals surface area contributed by atoms with Crippen molar-refractivity contribution in [1.29, 1.82) is 0 Å². The summed E-state index contributed by atoms with van der Waals surface area (Å²) in [5.74, 6) is -1.39. The second-order valence-corrected chi connectivity index (χ2v) is 6.92. The molecule has 0 bridgehead atoms. The average molecular weight is 281 g/mol. The van der Waals surface area contributed by atoms with E-state index in [0.29, 0.717) is 12.8 Å². The smallest absolute Gasteiger partial charge is 0.305 e. The molecule has 0 radical (unpaired) electrons. The van der Waals surface area contributed by atoms with Crippen LogP contribution in [-0.2, 0) is 14.4 Å². The number of aliphatic carboxylic acids is 1. The van der Waals surface area contributed by atoms with Crippen LogP contribution < -0.4 is 0 Å². The molecule has 1 heterocycles. The second kappa shape index (κ2) is 5.19. The van der Waals surface area contributed by atoms with E-state index in [2.05, 4.69) is 0 Å². The fourth-order valence-electron chi connectivity index (χ4n) is 3.78. The summed E-state index contributed by atoms with van der Waals surface area (Å²) in [4.78, 5) is 36.9. The zero-order valence-corrected chi connectivity index (χ0v) is 12.3. The number of likely N-dealkylation sites (tertiary alicyclic amines) is 1. The van der Waals surface area contributed by atoms with Crippen molar-refractivity contribution >= 4 is 17.8 Å². The third kappa shape index (κ3) is 2.86. The van der Waals surface area contributed by atoms with Crippen LogP contribution in [0.1, 0.15) is 65.2 Å². The number of piperidine rings is 1. The van der Waals surface area contributed by atoms with Crippen LogP contribution in [0.2, 0.25) is 0 Å². The Labute approximate surface area is 119 Å². The fraction of sp³-hybridized carbons (Fsp3) is 0.800. The van der Waals surface area contributed by atoms with Crippen LogP contribution >= 0.6 is 0 Å². The zero-order chi connectivity index (χ0) is 15.0. The maximum atomic E-state index is 12.4. The van der Waals surface area contributed by atoms with E-state index >= 15 is 0 Å². The molecule has 20 heavy (non-hydrogen) atoms. The van der Waals surface area contributed by atoms with E-state index in [0.717, 1.165) is 25.7 Å². The van der Waals surface area contributed by atoms with Crippen LogP contribution in [-0.4, -0.2) is 33.3 Å². The molecule has 5 nitrogen and oxygen atoms in total. The lowest BCUT2D eigenvalue weighted by atomic mass is 9.67. The number of carbonyl (C=O) groups excluding carboxylic acids is 2. The van der Waals surface area contributed by atoms with Gasteiger partial charge in [0.15, 0.2) is 0 Å². The highest BCUT2D eigenvalue weighted by Gasteiger charge is 2.48. The Morgan fingerprint density at radius 3 is 2.10 bits per heavy atom. The van der Waals surface area contributed by atoms with Crippen LogP contribution in [0.4, 0.5) is 0 Å². The highest BCUT2D eigenvalue weighted by molar-refractivity contribution is 5.99. The second-order valence-electron chi connectivity index (χ2n) is 6.92. The predicted molar refractivity (Wildman–Crippen MR) is 72.9 cm³/mol. The number of hydrogen-bond acceptors (Lipinski definition) is 3. The molecule has 2 fully saturated rings. The summed E-state index contributed by atoms with van der Waals surface area (Å²) in [6.45, 7) is 3.30. The monoisotopic (exact) mass is 281 g/mol. The predicted octanol–water partition coefficient (Wildman–Crippen LogP) is 2.34. The standard InChI is InChI=1S/C15H23NO4/c1-14(2,10-13(19)20)16-11(17)8-15(9-12(16)18)6-4-3-5-7-15/h3-10H2,1-2H3,(H,19,20). The first-order valence-corrected chi connectivity index (χ1v) is 7.34. The lowest BCUT2D eigenvalue weighted by molar-refractivity contribution is -0.162. The van der Waals surface area contributed by atoms with Gasteiger partial charge in [-0.1, -0.05) is 19.3 Å². The lowest BCUT2D eigenvalue weighted by Crippen LogP contribution is -2.57. The molecule has 1 N–H and O–H groups in total. The van der Waals surface area contributed by atoms with E-state index in [1.807, 2.05) is 0 Å². The van der Waals surface area contributed by atoms with Crippen molar-refractivity contribution in [3.8, 4) is 0 Å². The van der Waals surface area contributed by atoms with E-state index in [-0.39, 0.29) is 23.7 Å². The largest absolute Gasteiger partial charge is 0.481 e. The van der Waals surface area contributed by atoms with Crippen LogP contribution in [0.15, 0.2) is 0 Å². The first-order chi connectivity index (χ1) is 9.26. The zero-order valence-electron chi connectivity index (χ0n) is 12.3. The summed E-state index contributed by atoms with van der Waals surface area (Å²) in [6.07, 6.45) is 5.80. The number of amides is 2. The first-order valence-electron chi connectivity index (χ1n) is 7.34. The van der Waals surface area contributed by atoms with E-state index in [9.17, 15) is 14.4 Å². The van der Waals surface area contributed by atoms with Crippen LogP contribution in [0.25, 0.3) is 0 Å². The molecule has 1 saturated heterocycles. The van der Waals surface area contributed by atoms with E-state index < -0.39 is 11.5 Å². The quantitative estimate of drug-likeness (QED) is 0.806. The van der Waals surface area contributed by atoms with Gasteiger partial charge < -0.3 is 5.11 Å². The van der Waals surface area contributed by atoms with Gasteiger partial charge in [0.25, 0.3) is 0 Å². The minimum absolute atomic E-state index is 0.151. The van der Waals surface area contributed by atoms with Gasteiger partial charge in [0.1, 0.15) is 0 Å². The van der Waals surface area contributed by atoms with Gasteiger partial charge in [0.05, 0.1) is 12.0 Å². The normalized spacial score (nSPS) is 23.2. The summed E-state index contributed by atoms with van der Waals surface area (Å²) >= 11 is 0. The van der Waals surface area contributed by atoms with Crippen molar-refractivity contribution in [2.75, 3.05) is 0 Å². The summed E-state index contributed by atoms with van der Waals surface area (Å²) in [5.41, 5.74) is -1.10. The molecule has 0 aromatic heterocycles. The molecule has 0 atom stereocenters. The molecule has 2 rings (SSSR count). The molecule has 1 aliphatic carbocycles. The van der Waals surface area contributed by atoms with E-state index in [4.69, 9.17) is 5.11 Å². The maximum Gasteiger partial charge on any atom is 0.305 e. The lowest BCUT2D eigenvalue weighted by Gasteiger charge is -2.46. The molecular formula is C15H23NO4. The molecule has 1 saturated carbocycles. The number of carbonyl (C=O) groups is 3. The van der Waals surface area contributed by atoms with Crippen LogP contribution in [0.3, 0.4) is 0 Å². The van der Waals surface area contributed by atoms with Crippen molar-refractivity contribution in [2.24, 2.45) is 5.41 Å². The number of nitrogens with zero attached hydrogens (tertiary/aromatic N) is 1. The number of rotatable bonds is 3. The summed E-state index contributed by atoms with van der Waals surface area (Å²) < 4.78 is 0. The number of carboxylic acids is 1. The highest BCUT2D eigenvalue weighted by atomic mass is 16.4. The maximum absolute atomic E-state index is 12.4. The Hall–Kier alpha value is -1.39. The molecule has 2 amide bonds. The number of imide groups is 1. The van der Waals surface area contributed by atoms with Gasteiger partial charge in [-0.2, -0.15) is 0 Å². The van der Waals surface area contributed by atoms with Gasteiger partial charge >= 0.3 is 5.97 Å². The topological polar surface area (TPSA) is 74.7 Å². The van der Waals surface area contributed by atoms with E-state index in [1.165, 1.54) is 11.3 Å². The van der Waals surface area contributed by atoms with Crippen molar-refractivity contribution in [2.45, 2.75) is 70.8 Å². The molecule has 5 heteroatoms. The van der Waals surface area contributed by atoms with Crippen molar-refractivity contribution < 1.29 is 19.5 Å². The fourth-order valence-corrected chi connectivity index (χ4v) is 3.78. The van der Waals surface area contributed by atoms with Gasteiger partial charge in [0.2, 0.25) is 11.8 Å². The van der Waals surface area contributed by atoms with E-state index in [1.54, 1.807) is 13.8 Å². The summed E-state index contributed by atoms with van der Waals surface area (Å²) in [7, 11) is 0. The minimum Gasteiger partial charge on any atom is -0.481 e. The average Bonchev–Trinajstić information content (AvgIpc) is 2.25. The first kappa shape index (κ1) is 15.0. The third-order valence-corrected chi connectivity index (χ3v) is 4.65. The molecule has 112 valence electrons. The van der Waals surface area contributed by atoms with Crippen molar-refractivity contribution in [1.82, 2.24) is 4.90 Å². The number of carboxylic acid groups (broad SMARTS) is 1. The van der Waals surface area contributed by atoms with Gasteiger partial charge in [-0.3, -0.25) is 19.3 Å². The molecular weight excluding hydrogens is 258 g/mol. The highest BCUT2D eigenvalue weighted by Crippen LogP contribution is 2.46. The van der Waals surface area contributed by atoms with Gasteiger partial charge in [-0.25, -0.2) is 0 Å². The Morgan fingerprint density at radius 1 is 1.15 bits per heavy atom. The molecule has 1 aliphatic heterocycles. The Balaban J connectivity index is 2.17. The minimum atomic E-state index is -0.992. The summed E-state index contributed by atoms with van der Waals surface area (Å²) in [6, 6.07) is 0. The Bertz CT molecular complexity index is 415. The summed E-state index contributed by atoms with van der Waals surface area (Å²) in [5, 5.41) is 8.95. The SMILES string of the molecule is CC(C)(CC(=O)O)N1C(=O)CC2(CCCCC2)CC1=O. The molecule has 0 unspecified atom stereocenters. The van der Waals surface area contributed by atoms with Crippen molar-refractivity contribution in [3.05, 3.63) is 0 Å². The van der Waals surface area contributed by atoms with Crippen LogP contribution in [0, 0.1) is 5.41 Å². The van der Waals surface area contributed by atoms with Crippen LogP contribution in [0.5, 0.6) is 0 Å². The molecule has 1 spiro atoms. The van der Waals surface area contributed by atoms with Crippen molar-refractivity contribution in [3.63, 3.8) is 0 Å². The molecule has 0 aromatic carbocycles. The van der Waals surface area contributed by atoms with Gasteiger partial charge in [-0.15, -0.1) is 0 Å². The molecule has 2 aliphatic rings.